The minimum Gasteiger partial charge on any atom is -0.478 e. The van der Waals surface area contributed by atoms with Crippen LogP contribution in [-0.2, 0) is 11.8 Å². The summed E-state index contributed by atoms with van der Waals surface area (Å²) in [5.41, 5.74) is 1.79. The Hall–Kier alpha value is -3.03. The average molecular weight is 478 g/mol. The number of aliphatic carboxylic acids is 1. The van der Waals surface area contributed by atoms with E-state index in [0.717, 1.165) is 5.57 Å². The number of aryl methyl sites for hydroxylation is 2. The van der Waals surface area contributed by atoms with E-state index in [1.165, 1.54) is 16.8 Å². The molecule has 1 amide bonds. The van der Waals surface area contributed by atoms with Crippen molar-refractivity contribution in [2.45, 2.75) is 26.3 Å². The molecule has 0 bridgehead atoms. The molecule has 1 heterocycles. The van der Waals surface area contributed by atoms with Crippen LogP contribution in [0, 0.1) is 6.92 Å². The number of carboxylic acid groups (broad SMARTS) is 1. The number of amides is 1. The summed E-state index contributed by atoms with van der Waals surface area (Å²) in [4.78, 5) is 24.3. The number of carboxylic acids is 1. The fourth-order valence-electron chi connectivity index (χ4n) is 2.97. The summed E-state index contributed by atoms with van der Waals surface area (Å²) in [6.45, 7) is 7.23. The second-order valence-corrected chi connectivity index (χ2v) is 7.70. The number of hydrogen-bond donors (Lipinski definition) is 2. The summed E-state index contributed by atoms with van der Waals surface area (Å²) < 4.78 is 7.34. The topological polar surface area (TPSA) is 93.4 Å². The van der Waals surface area contributed by atoms with Gasteiger partial charge < -0.3 is 15.2 Å². The van der Waals surface area contributed by atoms with E-state index in [9.17, 15) is 9.59 Å². The Labute approximate surface area is 197 Å². The first-order chi connectivity index (χ1) is 15.2. The monoisotopic (exact) mass is 477 g/mol. The molecule has 0 aliphatic heterocycles. The van der Waals surface area contributed by atoms with Crippen molar-refractivity contribution in [3.63, 3.8) is 0 Å². The Bertz CT molecular complexity index is 1060. The molecule has 0 aromatic carbocycles. The number of hydrogen-bond acceptors (Lipinski definition) is 4. The molecule has 1 aromatic rings. The smallest absolute Gasteiger partial charge is 0.331 e. The molecule has 1 aliphatic rings. The Morgan fingerprint density at radius 1 is 1.44 bits per heavy atom. The van der Waals surface area contributed by atoms with Crippen molar-refractivity contribution in [1.82, 2.24) is 15.1 Å². The van der Waals surface area contributed by atoms with E-state index in [1.807, 2.05) is 6.92 Å². The number of nitrogens with zero attached hydrogens (tertiary/aromatic N) is 2. The van der Waals surface area contributed by atoms with Gasteiger partial charge in [0.05, 0.1) is 11.7 Å². The molecule has 7 nitrogen and oxygen atoms in total. The first-order valence-electron chi connectivity index (χ1n) is 9.76. The predicted molar refractivity (Wildman–Crippen MR) is 126 cm³/mol. The molecule has 1 unspecified atom stereocenters. The lowest BCUT2D eigenvalue weighted by molar-refractivity contribution is -0.132. The third-order valence-corrected chi connectivity index (χ3v) is 5.03. The van der Waals surface area contributed by atoms with Crippen LogP contribution in [0.25, 0.3) is 0 Å². The van der Waals surface area contributed by atoms with Crippen molar-refractivity contribution in [3.05, 3.63) is 82.3 Å². The van der Waals surface area contributed by atoms with E-state index in [4.69, 9.17) is 33.0 Å². The standard InChI is InChI=1S/C23H25Cl2N3O4/c1-5-19(13-18(25)11-12-24)32-22-20(15(3)27-28(22)4)21(29)26-14(2)16-7-6-8-17(10-9-16)23(30)31/h5-7,9-11,13-14H,1,8,12H2,2-4H3,(H,26,29)(H,30,31)/b18-11+,19-13+. The first-order valence-corrected chi connectivity index (χ1v) is 10.7. The van der Waals surface area contributed by atoms with Gasteiger partial charge in [0.25, 0.3) is 5.91 Å². The Kier molecular flexibility index (Phi) is 9.11. The fraction of sp³-hybridized carbons (Fsp3) is 0.261. The molecule has 0 radical (unpaired) electrons. The summed E-state index contributed by atoms with van der Waals surface area (Å²) in [5.74, 6) is -0.563. The number of rotatable bonds is 9. The van der Waals surface area contributed by atoms with Crippen LogP contribution in [0.5, 0.6) is 5.88 Å². The lowest BCUT2D eigenvalue weighted by Gasteiger charge is -2.16. The summed E-state index contributed by atoms with van der Waals surface area (Å²) in [5, 5.41) is 16.8. The van der Waals surface area contributed by atoms with Gasteiger partial charge in [-0.1, -0.05) is 48.6 Å². The van der Waals surface area contributed by atoms with E-state index >= 15 is 0 Å². The largest absolute Gasteiger partial charge is 0.478 e. The molecular weight excluding hydrogens is 453 g/mol. The van der Waals surface area contributed by atoms with Crippen LogP contribution in [-0.4, -0.2) is 38.7 Å². The van der Waals surface area contributed by atoms with Crippen molar-refractivity contribution in [3.8, 4) is 5.88 Å². The summed E-state index contributed by atoms with van der Waals surface area (Å²) >= 11 is 11.7. The van der Waals surface area contributed by atoms with Crippen molar-refractivity contribution >= 4 is 35.1 Å². The van der Waals surface area contributed by atoms with Crippen LogP contribution in [0.1, 0.15) is 29.4 Å². The zero-order valence-corrected chi connectivity index (χ0v) is 19.6. The first kappa shape index (κ1) is 25.2. The predicted octanol–water partition coefficient (Wildman–Crippen LogP) is 4.55. The van der Waals surface area contributed by atoms with E-state index < -0.39 is 5.97 Å². The van der Waals surface area contributed by atoms with Gasteiger partial charge in [-0.2, -0.15) is 5.10 Å². The third-order valence-electron chi connectivity index (χ3n) is 4.61. The summed E-state index contributed by atoms with van der Waals surface area (Å²) in [6.07, 6.45) is 11.7. The van der Waals surface area contributed by atoms with Gasteiger partial charge in [-0.3, -0.25) is 4.79 Å². The minimum absolute atomic E-state index is 0.229. The molecule has 0 spiro atoms. The number of alkyl halides is 1. The van der Waals surface area contributed by atoms with Crippen LogP contribution in [0.4, 0.5) is 0 Å². The van der Waals surface area contributed by atoms with Crippen molar-refractivity contribution in [2.24, 2.45) is 7.05 Å². The normalized spacial score (nSPS) is 15.4. The van der Waals surface area contributed by atoms with Gasteiger partial charge in [-0.05, 0) is 38.0 Å². The van der Waals surface area contributed by atoms with Crippen molar-refractivity contribution in [1.29, 1.82) is 0 Å². The molecule has 170 valence electrons. The van der Waals surface area contributed by atoms with Crippen LogP contribution in [0.15, 0.2) is 71.0 Å². The Morgan fingerprint density at radius 2 is 2.16 bits per heavy atom. The molecule has 2 rings (SSSR count). The van der Waals surface area contributed by atoms with E-state index in [2.05, 4.69) is 17.0 Å². The van der Waals surface area contributed by atoms with Crippen molar-refractivity contribution in [2.75, 3.05) is 5.88 Å². The number of carbonyl (C=O) groups excluding carboxylic acids is 1. The van der Waals surface area contributed by atoms with Gasteiger partial charge in [-0.25, -0.2) is 9.48 Å². The Morgan fingerprint density at radius 3 is 2.78 bits per heavy atom. The molecule has 0 saturated heterocycles. The third kappa shape index (κ3) is 6.48. The quantitative estimate of drug-likeness (QED) is 0.309. The Balaban J connectivity index is 2.29. The zero-order valence-electron chi connectivity index (χ0n) is 18.1. The number of carbonyl (C=O) groups is 2. The number of ether oxygens (including phenoxy) is 1. The number of halogens is 2. The van der Waals surface area contributed by atoms with Gasteiger partial charge in [0.1, 0.15) is 11.3 Å². The van der Waals surface area contributed by atoms with E-state index in [1.54, 1.807) is 44.4 Å². The van der Waals surface area contributed by atoms with Crippen molar-refractivity contribution < 1.29 is 19.4 Å². The highest BCUT2D eigenvalue weighted by Crippen LogP contribution is 2.25. The van der Waals surface area contributed by atoms with Crippen LogP contribution < -0.4 is 10.1 Å². The minimum atomic E-state index is -0.969. The SMILES string of the molecule is C=C/C(=C\C(Cl)=C/CCl)Oc1c(C(=O)NC(C)C2=CC=C(C(=O)O)CC=C2)c(C)nn1C. The van der Waals surface area contributed by atoms with E-state index in [-0.39, 0.29) is 34.8 Å². The molecule has 1 atom stereocenters. The van der Waals surface area contributed by atoms with Gasteiger partial charge in [0, 0.05) is 23.5 Å². The highest BCUT2D eigenvalue weighted by molar-refractivity contribution is 6.32. The van der Waals surface area contributed by atoms with Gasteiger partial charge >= 0.3 is 5.97 Å². The molecule has 0 fully saturated rings. The summed E-state index contributed by atoms with van der Waals surface area (Å²) in [7, 11) is 1.66. The lowest BCUT2D eigenvalue weighted by Crippen LogP contribution is -2.34. The maximum absolute atomic E-state index is 13.1. The summed E-state index contributed by atoms with van der Waals surface area (Å²) in [6, 6.07) is -0.383. The maximum Gasteiger partial charge on any atom is 0.331 e. The number of aromatic nitrogens is 2. The second-order valence-electron chi connectivity index (χ2n) is 6.95. The second kappa shape index (κ2) is 11.5. The van der Waals surface area contributed by atoms with E-state index in [0.29, 0.717) is 22.9 Å². The molecule has 32 heavy (non-hydrogen) atoms. The number of nitrogens with one attached hydrogen (secondary N) is 1. The maximum atomic E-state index is 13.1. The highest BCUT2D eigenvalue weighted by Gasteiger charge is 2.24. The molecule has 1 aromatic heterocycles. The van der Waals surface area contributed by atoms with Gasteiger partial charge in [0.15, 0.2) is 0 Å². The molecule has 0 saturated carbocycles. The molecular formula is C23H25Cl2N3O4. The zero-order chi connectivity index (χ0) is 23.8. The molecule has 1 aliphatic carbocycles. The fourth-order valence-corrected chi connectivity index (χ4v) is 3.40. The van der Waals surface area contributed by atoms with Crippen LogP contribution in [0.2, 0.25) is 0 Å². The van der Waals surface area contributed by atoms with Crippen LogP contribution in [0.3, 0.4) is 0 Å². The van der Waals surface area contributed by atoms with Gasteiger partial charge in [-0.15, -0.1) is 11.6 Å². The molecule has 9 heteroatoms. The average Bonchev–Trinajstić information content (AvgIpc) is 2.89. The van der Waals surface area contributed by atoms with Crippen LogP contribution >= 0.6 is 23.2 Å². The lowest BCUT2D eigenvalue weighted by atomic mass is 10.1. The molecule has 2 N–H and O–H groups in total. The number of allylic oxidation sites excluding steroid dienone is 7. The highest BCUT2D eigenvalue weighted by atomic mass is 35.5. The van der Waals surface area contributed by atoms with Gasteiger partial charge in [0.2, 0.25) is 5.88 Å².